The summed E-state index contributed by atoms with van der Waals surface area (Å²) in [5.74, 6) is -0.251. The molecule has 0 spiro atoms. The third kappa shape index (κ3) is 33.9. The number of likely N-dealkylation sites (N-methyl/N-ethyl adjacent to an activating group) is 1. The van der Waals surface area contributed by atoms with Gasteiger partial charge in [0.15, 0.2) is 0 Å². The fraction of sp³-hybridized carbons (Fsp3) is 0.625. The molecule has 49 heavy (non-hydrogen) atoms. The number of hydrogen-bond donors (Lipinski definition) is 2. The molecule has 0 aromatic carbocycles. The van der Waals surface area contributed by atoms with Crippen LogP contribution in [0.15, 0.2) is 85.1 Å². The van der Waals surface area contributed by atoms with E-state index in [0.717, 1.165) is 83.5 Å². The van der Waals surface area contributed by atoms with Gasteiger partial charge in [-0.05, 0) is 70.6 Å². The van der Waals surface area contributed by atoms with E-state index in [2.05, 4.69) is 92.1 Å². The highest BCUT2D eigenvalue weighted by atomic mass is 31.2. The summed E-state index contributed by atoms with van der Waals surface area (Å²) in [7, 11) is 1.21. The number of phosphoric acid groups is 1. The van der Waals surface area contributed by atoms with Crippen LogP contribution in [0.5, 0.6) is 0 Å². The quantitative estimate of drug-likeness (QED) is 0.0323. The van der Waals surface area contributed by atoms with Gasteiger partial charge in [-0.1, -0.05) is 118 Å². The number of quaternary nitrogens is 1. The first-order valence-corrected chi connectivity index (χ1v) is 19.9. The number of amides is 1. The van der Waals surface area contributed by atoms with Gasteiger partial charge in [-0.15, -0.1) is 0 Å². The molecule has 0 radical (unpaired) electrons. The third-order valence-electron chi connectivity index (χ3n) is 7.36. The number of unbranched alkanes of at least 4 members (excludes halogenated alkanes) is 6. The standard InChI is InChI=1S/C40H69N2O6P/c1-6-8-10-12-14-15-16-17-18-19-20-21-22-23-24-25-26-27-28-30-32-34-40(44)41-38(39(43)33-31-29-13-11-9-7-2)37-48-49(45,46)47-36-35-42(3,4)5/h8,10,14-15,17-18,20-21,23-24,26-27,31,33,38-39,43H,6-7,9,11-13,16,19,22,25,28-30,32,34-37H2,1-5H3,(H-,41,44,45,46)/b10-8-,15-14-,18-17-,21-20-,24-23-,27-26-,33-31+. The van der Waals surface area contributed by atoms with E-state index < -0.39 is 26.6 Å². The number of carbonyl (C=O) groups excluding carboxylic acids is 1. The highest BCUT2D eigenvalue weighted by molar-refractivity contribution is 7.45. The highest BCUT2D eigenvalue weighted by Gasteiger charge is 2.23. The molecule has 0 aliphatic carbocycles. The molecular weight excluding hydrogens is 635 g/mol. The molecule has 0 aromatic rings. The number of phosphoric ester groups is 1. The van der Waals surface area contributed by atoms with Crippen molar-refractivity contribution in [3.05, 3.63) is 85.1 Å². The lowest BCUT2D eigenvalue weighted by atomic mass is 10.1. The van der Waals surface area contributed by atoms with Crippen molar-refractivity contribution in [2.75, 3.05) is 40.9 Å². The van der Waals surface area contributed by atoms with E-state index in [-0.39, 0.29) is 18.9 Å². The molecule has 2 N–H and O–H groups in total. The van der Waals surface area contributed by atoms with Crippen molar-refractivity contribution < 1.29 is 32.9 Å². The zero-order valence-corrected chi connectivity index (χ0v) is 32.2. The maximum atomic E-state index is 12.7. The van der Waals surface area contributed by atoms with Crippen molar-refractivity contribution in [1.82, 2.24) is 5.32 Å². The minimum Gasteiger partial charge on any atom is -0.756 e. The number of nitrogens with one attached hydrogen (secondary N) is 1. The Kier molecular flexibility index (Phi) is 30.1. The van der Waals surface area contributed by atoms with Gasteiger partial charge in [0.25, 0.3) is 7.82 Å². The lowest BCUT2D eigenvalue weighted by Gasteiger charge is -2.29. The van der Waals surface area contributed by atoms with E-state index in [4.69, 9.17) is 9.05 Å². The zero-order chi connectivity index (χ0) is 36.5. The van der Waals surface area contributed by atoms with Gasteiger partial charge < -0.3 is 28.8 Å². The van der Waals surface area contributed by atoms with Gasteiger partial charge in [0.05, 0.1) is 39.9 Å². The van der Waals surface area contributed by atoms with E-state index in [9.17, 15) is 19.4 Å². The molecule has 0 fully saturated rings. The Morgan fingerprint density at radius 1 is 0.735 bits per heavy atom. The van der Waals surface area contributed by atoms with Gasteiger partial charge in [-0.25, -0.2) is 0 Å². The van der Waals surface area contributed by atoms with Gasteiger partial charge >= 0.3 is 0 Å². The van der Waals surface area contributed by atoms with Crippen molar-refractivity contribution in [2.45, 2.75) is 122 Å². The van der Waals surface area contributed by atoms with E-state index in [1.807, 2.05) is 27.2 Å². The fourth-order valence-electron chi connectivity index (χ4n) is 4.39. The van der Waals surface area contributed by atoms with Crippen LogP contribution >= 0.6 is 7.82 Å². The van der Waals surface area contributed by atoms with E-state index >= 15 is 0 Å². The Morgan fingerprint density at radius 2 is 1.24 bits per heavy atom. The van der Waals surface area contributed by atoms with Crippen molar-refractivity contribution in [3.63, 3.8) is 0 Å². The van der Waals surface area contributed by atoms with Crippen molar-refractivity contribution in [2.24, 2.45) is 0 Å². The molecule has 0 saturated carbocycles. The van der Waals surface area contributed by atoms with Crippen LogP contribution in [0.3, 0.4) is 0 Å². The Bertz CT molecular complexity index is 1070. The molecule has 0 rings (SSSR count). The summed E-state index contributed by atoms with van der Waals surface area (Å²) in [4.78, 5) is 25.0. The topological polar surface area (TPSA) is 108 Å². The van der Waals surface area contributed by atoms with Crippen LogP contribution in [-0.2, 0) is 18.4 Å². The SMILES string of the molecule is CC/C=C\C/C=C\C/C=C\C/C=C\C/C=C\C/C=C\CCCCC(=O)NC(COP(=O)([O-])OCC[N+](C)(C)C)C(O)/C=C/CCCCCC. The van der Waals surface area contributed by atoms with E-state index in [1.54, 1.807) is 6.08 Å². The number of carbonyl (C=O) groups is 1. The first kappa shape index (κ1) is 46.7. The smallest absolute Gasteiger partial charge is 0.268 e. The maximum absolute atomic E-state index is 12.7. The molecule has 0 heterocycles. The number of aliphatic hydroxyl groups is 1. The zero-order valence-electron chi connectivity index (χ0n) is 31.3. The van der Waals surface area contributed by atoms with E-state index in [1.165, 1.54) is 0 Å². The number of aliphatic hydroxyl groups excluding tert-OH is 1. The lowest BCUT2D eigenvalue weighted by Crippen LogP contribution is -2.45. The Balaban J connectivity index is 4.45. The summed E-state index contributed by atoms with van der Waals surface area (Å²) >= 11 is 0. The monoisotopic (exact) mass is 704 g/mol. The van der Waals surface area contributed by atoms with Crippen LogP contribution in [-0.4, -0.2) is 68.5 Å². The van der Waals surface area contributed by atoms with Crippen LogP contribution in [0.25, 0.3) is 0 Å². The second kappa shape index (κ2) is 31.6. The minimum absolute atomic E-state index is 0.0156. The summed E-state index contributed by atoms with van der Waals surface area (Å²) < 4.78 is 22.9. The fourth-order valence-corrected chi connectivity index (χ4v) is 5.11. The van der Waals surface area contributed by atoms with Gasteiger partial charge in [-0.2, -0.15) is 0 Å². The summed E-state index contributed by atoms with van der Waals surface area (Å²) in [6.07, 6.45) is 42.3. The predicted octanol–water partition coefficient (Wildman–Crippen LogP) is 8.82. The summed E-state index contributed by atoms with van der Waals surface area (Å²) in [6, 6.07) is -0.910. The van der Waals surface area contributed by atoms with E-state index in [0.29, 0.717) is 17.4 Å². The Labute approximate surface area is 299 Å². The molecule has 0 saturated heterocycles. The summed E-state index contributed by atoms with van der Waals surface area (Å²) in [5.41, 5.74) is 0. The maximum Gasteiger partial charge on any atom is 0.268 e. The van der Waals surface area contributed by atoms with Gasteiger partial charge in [0, 0.05) is 6.42 Å². The van der Waals surface area contributed by atoms with Crippen molar-refractivity contribution in [1.29, 1.82) is 0 Å². The van der Waals surface area contributed by atoms with Crippen LogP contribution in [0, 0.1) is 0 Å². The van der Waals surface area contributed by atoms with Crippen molar-refractivity contribution in [3.8, 4) is 0 Å². The van der Waals surface area contributed by atoms with Gasteiger partial charge in [-0.3, -0.25) is 9.36 Å². The predicted molar refractivity (Wildman–Crippen MR) is 205 cm³/mol. The van der Waals surface area contributed by atoms with Crippen LogP contribution < -0.4 is 10.2 Å². The molecule has 0 aromatic heterocycles. The number of nitrogens with zero attached hydrogens (tertiary/aromatic N) is 1. The number of hydrogen-bond acceptors (Lipinski definition) is 6. The second-order valence-corrected chi connectivity index (χ2v) is 14.6. The van der Waals surface area contributed by atoms with Crippen molar-refractivity contribution >= 4 is 13.7 Å². The minimum atomic E-state index is -4.59. The molecule has 280 valence electrons. The normalized spacial score (nSPS) is 15.7. The Hall–Kier alpha value is -2.32. The lowest BCUT2D eigenvalue weighted by molar-refractivity contribution is -0.870. The summed E-state index contributed by atoms with van der Waals surface area (Å²) in [6.45, 7) is 4.36. The average molecular weight is 705 g/mol. The molecule has 1 amide bonds. The van der Waals surface area contributed by atoms with Gasteiger partial charge in [0.2, 0.25) is 5.91 Å². The molecule has 0 aliphatic heterocycles. The first-order chi connectivity index (χ1) is 23.5. The first-order valence-electron chi connectivity index (χ1n) is 18.4. The molecular formula is C40H69N2O6P. The average Bonchev–Trinajstić information content (AvgIpc) is 3.04. The Morgan fingerprint density at radius 3 is 1.78 bits per heavy atom. The molecule has 3 unspecified atom stereocenters. The molecule has 0 aliphatic rings. The second-order valence-electron chi connectivity index (χ2n) is 13.2. The van der Waals surface area contributed by atoms with Gasteiger partial charge in [0.1, 0.15) is 13.2 Å². The summed E-state index contributed by atoms with van der Waals surface area (Å²) in [5, 5.41) is 13.5. The van der Waals surface area contributed by atoms with Crippen LogP contribution in [0.2, 0.25) is 0 Å². The molecule has 3 atom stereocenters. The molecule has 0 bridgehead atoms. The molecule has 8 nitrogen and oxygen atoms in total. The molecule has 9 heteroatoms. The third-order valence-corrected chi connectivity index (χ3v) is 8.33. The number of allylic oxidation sites excluding steroid dienone is 13. The highest BCUT2D eigenvalue weighted by Crippen LogP contribution is 2.38. The number of rotatable bonds is 31. The van der Waals surface area contributed by atoms with Crippen LogP contribution in [0.4, 0.5) is 0 Å². The van der Waals surface area contributed by atoms with Crippen LogP contribution in [0.1, 0.15) is 110 Å². The largest absolute Gasteiger partial charge is 0.756 e.